The number of carbonyl (C=O) groups is 5. The van der Waals surface area contributed by atoms with Gasteiger partial charge in [-0.15, -0.1) is 0 Å². The maximum Gasteiger partial charge on any atom is 0.326 e. The van der Waals surface area contributed by atoms with Crippen LogP contribution < -0.4 is 0 Å². The van der Waals surface area contributed by atoms with E-state index in [1.54, 1.807) is 0 Å². The number of rotatable bonds is 7. The Bertz CT molecular complexity index is 1150. The summed E-state index contributed by atoms with van der Waals surface area (Å²) in [6.45, 7) is 3.61. The van der Waals surface area contributed by atoms with Gasteiger partial charge in [0, 0.05) is 31.2 Å². The van der Waals surface area contributed by atoms with Crippen LogP contribution in [0, 0.1) is 28.6 Å². The monoisotopic (exact) mass is 559 g/mol. The lowest BCUT2D eigenvalue weighted by Crippen LogP contribution is -2.58. The summed E-state index contributed by atoms with van der Waals surface area (Å²) in [6.07, 6.45) is 6.12. The topological polar surface area (TPSA) is 159 Å². The Morgan fingerprint density at radius 1 is 1.02 bits per heavy atom. The number of β-amino-alcohol motifs (C(OH)–C–C–N with tert-alkyl or cyclic N) is 1. The summed E-state index contributed by atoms with van der Waals surface area (Å²) in [4.78, 5) is 62.7. The summed E-state index contributed by atoms with van der Waals surface area (Å²) in [5, 5.41) is 30.8. The summed E-state index contributed by atoms with van der Waals surface area (Å²) < 4.78 is 5.19. The molecule has 5 aliphatic rings. The highest BCUT2D eigenvalue weighted by Gasteiger charge is 2.66. The van der Waals surface area contributed by atoms with Gasteiger partial charge in [-0.2, -0.15) is 0 Å². The highest BCUT2D eigenvalue weighted by atomic mass is 16.5. The number of aliphatic hydroxyl groups excluding tert-OH is 1. The van der Waals surface area contributed by atoms with Crippen LogP contribution in [0.2, 0.25) is 0 Å². The van der Waals surface area contributed by atoms with Crippen LogP contribution in [0.15, 0.2) is 11.6 Å². The smallest absolute Gasteiger partial charge is 0.326 e. The summed E-state index contributed by atoms with van der Waals surface area (Å²) in [5.74, 6) is -1.91. The summed E-state index contributed by atoms with van der Waals surface area (Å²) in [5.41, 5.74) is -0.965. The lowest BCUT2D eigenvalue weighted by atomic mass is 9.46. The number of aliphatic hydroxyl groups is 2. The summed E-state index contributed by atoms with van der Waals surface area (Å²) in [6, 6.07) is -1.13. The third-order valence-electron chi connectivity index (χ3n) is 11.4. The second-order valence-corrected chi connectivity index (χ2v) is 13.2. The van der Waals surface area contributed by atoms with Crippen molar-refractivity contribution in [1.29, 1.82) is 0 Å². The quantitative estimate of drug-likeness (QED) is 0.398. The zero-order valence-electron chi connectivity index (χ0n) is 23.4. The third-order valence-corrected chi connectivity index (χ3v) is 11.4. The highest BCUT2D eigenvalue weighted by Crippen LogP contribution is 2.67. The van der Waals surface area contributed by atoms with Gasteiger partial charge >= 0.3 is 11.9 Å². The number of ketones is 2. The fourth-order valence-electron chi connectivity index (χ4n) is 9.05. The molecule has 0 aromatic carbocycles. The van der Waals surface area contributed by atoms with Crippen LogP contribution in [0.3, 0.4) is 0 Å². The van der Waals surface area contributed by atoms with E-state index < -0.39 is 53.4 Å². The van der Waals surface area contributed by atoms with E-state index >= 15 is 0 Å². The first-order valence-corrected chi connectivity index (χ1v) is 14.7. The molecule has 8 atom stereocenters. The molecule has 10 heteroatoms. The van der Waals surface area contributed by atoms with Crippen LogP contribution in [-0.4, -0.2) is 80.5 Å². The number of fused-ring (bicyclic) bond motifs is 5. The molecule has 4 fully saturated rings. The van der Waals surface area contributed by atoms with Gasteiger partial charge < -0.3 is 25.0 Å². The number of carbonyl (C=O) groups excluding carboxylic acids is 4. The fraction of sp³-hybridized carbons (Fsp3) is 0.767. The normalized spacial score (nSPS) is 40.5. The molecule has 0 bridgehead atoms. The van der Waals surface area contributed by atoms with E-state index in [1.165, 1.54) is 5.57 Å². The standard InChI is InChI=1S/C30H41NO9/c1-28-10-7-18(32)13-17(28)3-4-20-21(28)8-11-29(2)22(20)9-12-30(29,39)24(34)16-40-26(36)6-5-25(35)31-15-19(33)14-23(31)27(37)38/h13,19-23,33,39H,3-12,14-16H2,1-2H3,(H,37,38)/t19-,20+,21-,22+,23-,28+,29+,30+/m1/s1. The number of aliphatic carboxylic acids is 1. The number of allylic oxidation sites excluding steroid dienone is 1. The molecule has 0 aromatic heterocycles. The number of hydrogen-bond acceptors (Lipinski definition) is 8. The van der Waals surface area contributed by atoms with Crippen LogP contribution in [0.4, 0.5) is 0 Å². The molecule has 1 saturated heterocycles. The van der Waals surface area contributed by atoms with Gasteiger partial charge in [-0.05, 0) is 74.2 Å². The van der Waals surface area contributed by atoms with E-state index in [1.807, 2.05) is 13.0 Å². The van der Waals surface area contributed by atoms with Crippen LogP contribution in [0.5, 0.6) is 0 Å². The van der Waals surface area contributed by atoms with Gasteiger partial charge in [0.1, 0.15) is 11.6 Å². The van der Waals surface area contributed by atoms with Crippen molar-refractivity contribution < 1.29 is 44.0 Å². The highest BCUT2D eigenvalue weighted by molar-refractivity contribution is 5.92. The van der Waals surface area contributed by atoms with E-state index in [2.05, 4.69) is 6.92 Å². The van der Waals surface area contributed by atoms with Gasteiger partial charge in [-0.3, -0.25) is 19.2 Å². The van der Waals surface area contributed by atoms with Gasteiger partial charge in [0.25, 0.3) is 0 Å². The molecule has 0 radical (unpaired) electrons. The van der Waals surface area contributed by atoms with E-state index in [0.29, 0.717) is 31.1 Å². The average molecular weight is 560 g/mol. The minimum atomic E-state index is -1.60. The number of nitrogens with zero attached hydrogens (tertiary/aromatic N) is 1. The Morgan fingerprint density at radius 2 is 1.75 bits per heavy atom. The number of hydrogen-bond donors (Lipinski definition) is 3. The molecule has 0 aromatic rings. The lowest BCUT2D eigenvalue weighted by Gasteiger charge is -2.58. The zero-order valence-corrected chi connectivity index (χ0v) is 23.4. The molecule has 1 heterocycles. The van der Waals surface area contributed by atoms with Crippen LogP contribution in [0.1, 0.15) is 84.5 Å². The predicted molar refractivity (Wildman–Crippen MR) is 141 cm³/mol. The lowest BCUT2D eigenvalue weighted by molar-refractivity contribution is -0.170. The SMILES string of the molecule is C[C@]12CCC(=O)C=C1CC[C@H]1[C@H]2CC[C@@]2(C)[C@H]1CC[C@]2(O)C(=O)COC(=O)CCC(=O)N1C[C@H](O)C[C@@H]1C(=O)O. The number of esters is 1. The van der Waals surface area contributed by atoms with E-state index in [0.717, 1.165) is 37.0 Å². The molecule has 0 spiro atoms. The number of Topliss-reactive ketones (excluding diaryl/α,β-unsaturated/α-hetero) is 1. The number of ether oxygens (including phenoxy) is 1. The molecule has 3 N–H and O–H groups in total. The van der Waals surface area contributed by atoms with Crippen molar-refractivity contribution >= 4 is 29.4 Å². The van der Waals surface area contributed by atoms with Crippen LogP contribution >= 0.6 is 0 Å². The van der Waals surface area contributed by atoms with Crippen molar-refractivity contribution in [2.75, 3.05) is 13.2 Å². The first-order valence-electron chi connectivity index (χ1n) is 14.7. The Kier molecular flexibility index (Phi) is 7.48. The minimum absolute atomic E-state index is 0.00647. The summed E-state index contributed by atoms with van der Waals surface area (Å²) in [7, 11) is 0. The molecule has 1 amide bonds. The first-order chi connectivity index (χ1) is 18.8. The zero-order chi connectivity index (χ0) is 29.0. The van der Waals surface area contributed by atoms with Gasteiger partial charge in [0.05, 0.1) is 12.5 Å². The van der Waals surface area contributed by atoms with Crippen molar-refractivity contribution in [2.45, 2.75) is 102 Å². The number of carboxylic acid groups (broad SMARTS) is 1. The molecule has 220 valence electrons. The number of likely N-dealkylation sites (tertiary alicyclic amines) is 1. The predicted octanol–water partition coefficient (Wildman–Crippen LogP) is 2.19. The molecule has 1 aliphatic heterocycles. The Hall–Kier alpha value is -2.59. The van der Waals surface area contributed by atoms with Gasteiger partial charge in [0.2, 0.25) is 11.7 Å². The minimum Gasteiger partial charge on any atom is -0.480 e. The molecule has 5 rings (SSSR count). The van der Waals surface area contributed by atoms with Crippen LogP contribution in [-0.2, 0) is 28.7 Å². The third kappa shape index (κ3) is 4.61. The van der Waals surface area contributed by atoms with Crippen LogP contribution in [0.25, 0.3) is 0 Å². The molecule has 3 saturated carbocycles. The maximum atomic E-state index is 13.4. The second-order valence-electron chi connectivity index (χ2n) is 13.2. The fourth-order valence-corrected chi connectivity index (χ4v) is 9.05. The number of carboxylic acids is 1. The van der Waals surface area contributed by atoms with Crippen molar-refractivity contribution in [2.24, 2.45) is 28.6 Å². The largest absolute Gasteiger partial charge is 0.480 e. The molecule has 40 heavy (non-hydrogen) atoms. The Balaban J connectivity index is 1.18. The molecule has 0 unspecified atom stereocenters. The summed E-state index contributed by atoms with van der Waals surface area (Å²) >= 11 is 0. The van der Waals surface area contributed by atoms with Gasteiger partial charge in [0.15, 0.2) is 12.4 Å². The van der Waals surface area contributed by atoms with Crippen molar-refractivity contribution in [3.63, 3.8) is 0 Å². The average Bonchev–Trinajstić information content (AvgIpc) is 3.44. The van der Waals surface area contributed by atoms with E-state index in [-0.39, 0.29) is 42.9 Å². The van der Waals surface area contributed by atoms with E-state index in [9.17, 15) is 39.3 Å². The maximum absolute atomic E-state index is 13.4. The van der Waals surface area contributed by atoms with Crippen molar-refractivity contribution in [3.8, 4) is 0 Å². The molecular weight excluding hydrogens is 518 g/mol. The first kappa shape index (κ1) is 28.9. The van der Waals surface area contributed by atoms with Crippen molar-refractivity contribution in [1.82, 2.24) is 4.90 Å². The second kappa shape index (κ2) is 10.4. The molecule has 10 nitrogen and oxygen atoms in total. The number of amides is 1. The van der Waals surface area contributed by atoms with Crippen molar-refractivity contribution in [3.05, 3.63) is 11.6 Å². The van der Waals surface area contributed by atoms with Gasteiger partial charge in [-0.1, -0.05) is 19.4 Å². The Morgan fingerprint density at radius 3 is 2.48 bits per heavy atom. The molecule has 4 aliphatic carbocycles. The Labute approximate surface area is 234 Å². The van der Waals surface area contributed by atoms with Gasteiger partial charge in [-0.25, -0.2) is 4.79 Å². The molecular formula is C30H41NO9. The van der Waals surface area contributed by atoms with E-state index in [4.69, 9.17) is 4.74 Å².